The second-order valence-electron chi connectivity index (χ2n) is 8.46. The SMILES string of the molecule is CCNC(=NCC1CCN(S(C)(=O)=O)CC1)NC(C)c1ccc(OCC(C)C)cc1.I. The molecule has 1 aliphatic rings. The fraction of sp³-hybridized carbons (Fsp3) is 0.682. The quantitative estimate of drug-likeness (QED) is 0.271. The Labute approximate surface area is 205 Å². The van der Waals surface area contributed by atoms with Crippen LogP contribution in [-0.4, -0.2) is 57.7 Å². The lowest BCUT2D eigenvalue weighted by atomic mass is 9.98. The number of guanidine groups is 1. The predicted molar refractivity (Wildman–Crippen MR) is 139 cm³/mol. The number of benzene rings is 1. The minimum atomic E-state index is -3.08. The summed E-state index contributed by atoms with van der Waals surface area (Å²) in [5.74, 6) is 2.59. The molecule has 31 heavy (non-hydrogen) atoms. The van der Waals surface area contributed by atoms with Gasteiger partial charge in [0.25, 0.3) is 0 Å². The number of piperidine rings is 1. The van der Waals surface area contributed by atoms with Crippen molar-refractivity contribution in [3.63, 3.8) is 0 Å². The molecule has 1 unspecified atom stereocenters. The summed E-state index contributed by atoms with van der Waals surface area (Å²) >= 11 is 0. The Bertz CT molecular complexity index is 776. The van der Waals surface area contributed by atoms with Gasteiger partial charge in [0.2, 0.25) is 10.0 Å². The van der Waals surface area contributed by atoms with Gasteiger partial charge >= 0.3 is 0 Å². The van der Waals surface area contributed by atoms with Crippen molar-refractivity contribution in [2.24, 2.45) is 16.8 Å². The van der Waals surface area contributed by atoms with Gasteiger partial charge in [0.15, 0.2) is 5.96 Å². The molecule has 2 rings (SSSR count). The smallest absolute Gasteiger partial charge is 0.211 e. The molecule has 9 heteroatoms. The normalized spacial score (nSPS) is 17.2. The maximum Gasteiger partial charge on any atom is 0.211 e. The van der Waals surface area contributed by atoms with E-state index in [-0.39, 0.29) is 30.0 Å². The fourth-order valence-corrected chi connectivity index (χ4v) is 4.24. The van der Waals surface area contributed by atoms with Crippen molar-refractivity contribution in [3.8, 4) is 5.75 Å². The minimum absolute atomic E-state index is 0. The highest BCUT2D eigenvalue weighted by molar-refractivity contribution is 14.0. The Balaban J connectivity index is 0.00000480. The summed E-state index contributed by atoms with van der Waals surface area (Å²) in [6, 6.07) is 8.29. The Morgan fingerprint density at radius 2 is 1.81 bits per heavy atom. The number of hydrogen-bond donors (Lipinski definition) is 2. The van der Waals surface area contributed by atoms with Gasteiger partial charge in [-0.25, -0.2) is 12.7 Å². The molecule has 0 aliphatic carbocycles. The summed E-state index contributed by atoms with van der Waals surface area (Å²) in [6.07, 6.45) is 2.98. The third-order valence-corrected chi connectivity index (χ3v) is 6.51. The number of aliphatic imine (C=N–C) groups is 1. The van der Waals surface area contributed by atoms with Crippen LogP contribution in [0.2, 0.25) is 0 Å². The molecule has 2 N–H and O–H groups in total. The lowest BCUT2D eigenvalue weighted by Gasteiger charge is -2.29. The monoisotopic (exact) mass is 566 g/mol. The maximum absolute atomic E-state index is 11.7. The van der Waals surface area contributed by atoms with Crippen molar-refractivity contribution in [1.82, 2.24) is 14.9 Å². The summed E-state index contributed by atoms with van der Waals surface area (Å²) in [5.41, 5.74) is 1.17. The highest BCUT2D eigenvalue weighted by atomic mass is 127. The van der Waals surface area contributed by atoms with E-state index in [9.17, 15) is 8.42 Å². The third kappa shape index (κ3) is 9.95. The Hall–Kier alpha value is -1.07. The van der Waals surface area contributed by atoms with E-state index in [4.69, 9.17) is 9.73 Å². The Morgan fingerprint density at radius 1 is 1.19 bits per heavy atom. The predicted octanol–water partition coefficient (Wildman–Crippen LogP) is 3.63. The van der Waals surface area contributed by atoms with Crippen LogP contribution in [0.4, 0.5) is 0 Å². The van der Waals surface area contributed by atoms with E-state index in [0.717, 1.165) is 31.1 Å². The number of rotatable bonds is 9. The molecule has 0 amide bonds. The molecule has 0 bridgehead atoms. The van der Waals surface area contributed by atoms with Crippen molar-refractivity contribution in [1.29, 1.82) is 0 Å². The van der Waals surface area contributed by atoms with Gasteiger partial charge in [-0.05, 0) is 56.2 Å². The molecule has 1 aliphatic heterocycles. The van der Waals surface area contributed by atoms with E-state index < -0.39 is 10.0 Å². The molecule has 1 saturated heterocycles. The number of nitrogens with zero attached hydrogens (tertiary/aromatic N) is 2. The third-order valence-electron chi connectivity index (χ3n) is 5.21. The number of ether oxygens (including phenoxy) is 1. The van der Waals surface area contributed by atoms with Crippen molar-refractivity contribution < 1.29 is 13.2 Å². The van der Waals surface area contributed by atoms with Crippen LogP contribution in [0.5, 0.6) is 5.75 Å². The number of halogens is 1. The van der Waals surface area contributed by atoms with Crippen LogP contribution in [0.1, 0.15) is 52.1 Å². The zero-order valence-corrected chi connectivity index (χ0v) is 22.6. The lowest BCUT2D eigenvalue weighted by molar-refractivity contribution is 0.271. The first-order valence-electron chi connectivity index (χ1n) is 10.9. The molecule has 1 aromatic carbocycles. The molecule has 0 aromatic heterocycles. The molecule has 0 saturated carbocycles. The van der Waals surface area contributed by atoms with Crippen LogP contribution in [0.3, 0.4) is 0 Å². The Morgan fingerprint density at radius 3 is 2.32 bits per heavy atom. The maximum atomic E-state index is 11.7. The number of hydrogen-bond acceptors (Lipinski definition) is 4. The van der Waals surface area contributed by atoms with Crippen molar-refractivity contribution in [2.45, 2.75) is 46.6 Å². The fourth-order valence-electron chi connectivity index (χ4n) is 3.37. The topological polar surface area (TPSA) is 83.0 Å². The molecule has 1 atom stereocenters. The van der Waals surface area contributed by atoms with Crippen LogP contribution in [0, 0.1) is 11.8 Å². The summed E-state index contributed by atoms with van der Waals surface area (Å²) in [4.78, 5) is 4.76. The number of sulfonamides is 1. The second-order valence-corrected chi connectivity index (χ2v) is 10.4. The van der Waals surface area contributed by atoms with Gasteiger partial charge in [-0.3, -0.25) is 4.99 Å². The van der Waals surface area contributed by atoms with Crippen LogP contribution in [-0.2, 0) is 10.0 Å². The van der Waals surface area contributed by atoms with Gasteiger partial charge in [0.05, 0.1) is 18.9 Å². The summed E-state index contributed by atoms with van der Waals surface area (Å²) < 4.78 is 30.6. The van der Waals surface area contributed by atoms with Crippen LogP contribution in [0.25, 0.3) is 0 Å². The largest absolute Gasteiger partial charge is 0.493 e. The van der Waals surface area contributed by atoms with Gasteiger partial charge in [0, 0.05) is 26.2 Å². The summed E-state index contributed by atoms with van der Waals surface area (Å²) in [5, 5.41) is 6.78. The summed E-state index contributed by atoms with van der Waals surface area (Å²) in [6.45, 7) is 11.8. The molecular weight excluding hydrogens is 527 g/mol. The molecule has 178 valence electrons. The van der Waals surface area contributed by atoms with Crippen molar-refractivity contribution >= 4 is 40.0 Å². The van der Waals surface area contributed by atoms with E-state index in [1.165, 1.54) is 11.8 Å². The van der Waals surface area contributed by atoms with Gasteiger partial charge in [-0.15, -0.1) is 24.0 Å². The molecule has 1 heterocycles. The van der Waals surface area contributed by atoms with E-state index in [0.29, 0.717) is 38.1 Å². The van der Waals surface area contributed by atoms with Gasteiger partial charge < -0.3 is 15.4 Å². The highest BCUT2D eigenvalue weighted by Crippen LogP contribution is 2.20. The molecule has 0 radical (unpaired) electrons. The lowest BCUT2D eigenvalue weighted by Crippen LogP contribution is -2.40. The van der Waals surface area contributed by atoms with Gasteiger partial charge in [-0.2, -0.15) is 0 Å². The average Bonchev–Trinajstić information content (AvgIpc) is 2.70. The second kappa shape index (κ2) is 13.5. The zero-order chi connectivity index (χ0) is 22.1. The standard InChI is InChI=1S/C22H38N4O3S.HI/c1-6-23-22(24-15-19-11-13-26(14-12-19)30(5,27)28)25-18(4)20-7-9-21(10-8-20)29-16-17(2)3;/h7-10,17-19H,6,11-16H2,1-5H3,(H2,23,24,25);1H. The van der Waals surface area contributed by atoms with Crippen LogP contribution < -0.4 is 15.4 Å². The van der Waals surface area contributed by atoms with Crippen molar-refractivity contribution in [3.05, 3.63) is 29.8 Å². The summed E-state index contributed by atoms with van der Waals surface area (Å²) in [7, 11) is -3.08. The van der Waals surface area contributed by atoms with E-state index >= 15 is 0 Å². The molecular formula is C22H39IN4O3S. The molecule has 7 nitrogen and oxygen atoms in total. The van der Waals surface area contributed by atoms with Gasteiger partial charge in [-0.1, -0.05) is 26.0 Å². The first-order chi connectivity index (χ1) is 14.2. The molecule has 1 fully saturated rings. The van der Waals surface area contributed by atoms with Gasteiger partial charge in [0.1, 0.15) is 5.75 Å². The average molecular weight is 567 g/mol. The first kappa shape index (κ1) is 28.0. The Kier molecular flexibility index (Phi) is 12.2. The van der Waals surface area contributed by atoms with Crippen LogP contribution in [0.15, 0.2) is 29.3 Å². The van der Waals surface area contributed by atoms with E-state index in [1.807, 2.05) is 19.1 Å². The van der Waals surface area contributed by atoms with E-state index in [1.54, 1.807) is 4.31 Å². The molecule has 1 aromatic rings. The first-order valence-corrected chi connectivity index (χ1v) is 12.8. The number of nitrogens with one attached hydrogen (secondary N) is 2. The molecule has 0 spiro atoms. The minimum Gasteiger partial charge on any atom is -0.493 e. The highest BCUT2D eigenvalue weighted by Gasteiger charge is 2.24. The van der Waals surface area contributed by atoms with E-state index in [2.05, 4.69) is 43.5 Å². The zero-order valence-electron chi connectivity index (χ0n) is 19.4. The van der Waals surface area contributed by atoms with Crippen molar-refractivity contribution in [2.75, 3.05) is 39.0 Å². The van der Waals surface area contributed by atoms with Crippen LogP contribution >= 0.6 is 24.0 Å².